The van der Waals surface area contributed by atoms with E-state index in [1.807, 2.05) is 0 Å². The lowest BCUT2D eigenvalue weighted by molar-refractivity contribution is 0.527. The first-order valence-electron chi connectivity index (χ1n) is 1.55. The zero-order chi connectivity index (χ0) is 4.71. The van der Waals surface area contributed by atoms with Crippen molar-refractivity contribution in [2.45, 2.75) is 6.92 Å². The van der Waals surface area contributed by atoms with Crippen LogP contribution in [-0.2, 0) is 0 Å². The molecule has 1 nitrogen and oxygen atoms in total. The van der Waals surface area contributed by atoms with Crippen LogP contribution in [0.15, 0.2) is 0 Å². The van der Waals surface area contributed by atoms with Crippen molar-refractivity contribution in [1.29, 1.82) is 0 Å². The van der Waals surface area contributed by atoms with Gasteiger partial charge in [-0.05, 0) is 14.0 Å². The second-order valence-corrected chi connectivity index (χ2v) is 0.267. The Labute approximate surface area is 32.0 Å². The third-order valence-electron chi connectivity index (χ3n) is 0. The summed E-state index contributed by atoms with van der Waals surface area (Å²) in [6, 6.07) is 0. The van der Waals surface area contributed by atoms with Crippen LogP contribution in [0, 0.1) is 0 Å². The molecule has 0 radical (unpaired) electrons. The summed E-state index contributed by atoms with van der Waals surface area (Å²) in [6.07, 6.45) is 0. The lowest BCUT2D eigenvalue weighted by Crippen LogP contribution is -1.69. The Hall–Kier alpha value is -0.110. The smallest absolute Gasteiger partial charge is 0.0866 e. The molecule has 0 fully saturated rings. The summed E-state index contributed by atoms with van der Waals surface area (Å²) in [6.45, 7) is 1.21. The maximum Gasteiger partial charge on any atom is 0.0866 e. The minimum absolute atomic E-state index is 0.250. The van der Waals surface area contributed by atoms with Crippen LogP contribution in [0.3, 0.4) is 0 Å². The molecule has 2 heteroatoms. The normalized spacial score (nSPS) is 4.80. The van der Waals surface area contributed by atoms with Gasteiger partial charge in [0.05, 0.1) is 6.67 Å². The number of hydrogen-bond donors (Lipinski definition) is 1. The lowest BCUT2D eigenvalue weighted by atomic mass is 10.9. The highest BCUT2D eigenvalue weighted by atomic mass is 19.1. The number of hydrogen-bond acceptors (Lipinski definition) is 1. The van der Waals surface area contributed by atoms with Crippen molar-refractivity contribution in [3.05, 3.63) is 0 Å². The molecule has 0 aromatic rings. The highest BCUT2D eigenvalue weighted by Crippen LogP contribution is 1.48. The molecular formula is C3H10FN. The molecule has 0 rings (SSSR count). The number of alkyl halides is 1. The van der Waals surface area contributed by atoms with E-state index in [1.54, 1.807) is 0 Å². The Morgan fingerprint density at radius 1 is 1.60 bits per heavy atom. The topological polar surface area (TPSA) is 26.0 Å². The van der Waals surface area contributed by atoms with Crippen molar-refractivity contribution >= 4 is 0 Å². The van der Waals surface area contributed by atoms with Crippen LogP contribution in [-0.4, -0.2) is 13.7 Å². The molecule has 0 aliphatic rings. The van der Waals surface area contributed by atoms with Crippen LogP contribution >= 0.6 is 0 Å². The van der Waals surface area contributed by atoms with E-state index in [1.165, 1.54) is 14.0 Å². The number of rotatable bonds is 0. The van der Waals surface area contributed by atoms with E-state index < -0.39 is 0 Å². The van der Waals surface area contributed by atoms with Crippen LogP contribution in [0.4, 0.5) is 4.39 Å². The minimum Gasteiger partial charge on any atom is -0.333 e. The van der Waals surface area contributed by atoms with Crippen molar-refractivity contribution in [3.8, 4) is 0 Å². The van der Waals surface area contributed by atoms with E-state index in [2.05, 4.69) is 5.73 Å². The third kappa shape index (κ3) is 1150. The van der Waals surface area contributed by atoms with Gasteiger partial charge in [0.1, 0.15) is 0 Å². The molecule has 0 saturated heterocycles. The molecule has 34 valence electrons. The van der Waals surface area contributed by atoms with Crippen LogP contribution in [0.2, 0.25) is 0 Å². The van der Waals surface area contributed by atoms with Gasteiger partial charge in [-0.25, -0.2) is 0 Å². The fourth-order valence-corrected chi connectivity index (χ4v) is 0. The van der Waals surface area contributed by atoms with Crippen molar-refractivity contribution in [2.24, 2.45) is 5.73 Å². The van der Waals surface area contributed by atoms with E-state index in [0.717, 1.165) is 0 Å². The molecule has 0 atom stereocenters. The second-order valence-electron chi connectivity index (χ2n) is 0.267. The molecule has 0 bridgehead atoms. The van der Waals surface area contributed by atoms with Crippen LogP contribution < -0.4 is 5.73 Å². The summed E-state index contributed by atoms with van der Waals surface area (Å²) in [5.41, 5.74) is 4.50. The summed E-state index contributed by atoms with van der Waals surface area (Å²) in [4.78, 5) is 0. The van der Waals surface area contributed by atoms with Gasteiger partial charge >= 0.3 is 0 Å². The molecular weight excluding hydrogens is 69.0 g/mol. The molecule has 0 unspecified atom stereocenters. The fourth-order valence-electron chi connectivity index (χ4n) is 0. The van der Waals surface area contributed by atoms with Gasteiger partial charge in [-0.15, -0.1) is 0 Å². The Morgan fingerprint density at radius 2 is 1.60 bits per heavy atom. The molecule has 0 aliphatic heterocycles. The number of nitrogens with two attached hydrogens (primary N) is 1. The van der Waals surface area contributed by atoms with E-state index >= 15 is 0 Å². The molecule has 0 heterocycles. The molecule has 0 spiro atoms. The second kappa shape index (κ2) is 41.0. The average molecular weight is 79.1 g/mol. The van der Waals surface area contributed by atoms with E-state index in [-0.39, 0.29) is 6.67 Å². The summed E-state index contributed by atoms with van der Waals surface area (Å²) < 4.78 is 10.3. The molecule has 0 amide bonds. The Balaban J connectivity index is 0. The molecule has 0 aliphatic carbocycles. The van der Waals surface area contributed by atoms with Crippen LogP contribution in [0.1, 0.15) is 6.92 Å². The first kappa shape index (κ1) is 8.86. The Bertz CT molecular complexity index is 6.85. The molecule has 0 saturated carbocycles. The van der Waals surface area contributed by atoms with Gasteiger partial charge in [0, 0.05) is 0 Å². The van der Waals surface area contributed by atoms with Crippen LogP contribution in [0.25, 0.3) is 0 Å². The summed E-state index contributed by atoms with van der Waals surface area (Å²) in [5, 5.41) is 0. The minimum atomic E-state index is -0.250. The fraction of sp³-hybridized carbons (Fsp3) is 1.00. The van der Waals surface area contributed by atoms with Gasteiger partial charge in [-0.3, -0.25) is 4.39 Å². The Morgan fingerprint density at radius 3 is 1.60 bits per heavy atom. The van der Waals surface area contributed by atoms with Crippen molar-refractivity contribution in [1.82, 2.24) is 0 Å². The van der Waals surface area contributed by atoms with Gasteiger partial charge < -0.3 is 5.73 Å². The van der Waals surface area contributed by atoms with Gasteiger partial charge in [-0.2, -0.15) is 0 Å². The summed E-state index contributed by atoms with van der Waals surface area (Å²) in [7, 11) is 1.50. The maximum absolute atomic E-state index is 10.3. The van der Waals surface area contributed by atoms with Crippen molar-refractivity contribution in [3.63, 3.8) is 0 Å². The quantitative estimate of drug-likeness (QED) is 0.451. The maximum atomic E-state index is 10.3. The van der Waals surface area contributed by atoms with Gasteiger partial charge in [0.15, 0.2) is 0 Å². The summed E-state index contributed by atoms with van der Waals surface area (Å²) >= 11 is 0. The zero-order valence-electron chi connectivity index (χ0n) is 3.66. The van der Waals surface area contributed by atoms with E-state index in [4.69, 9.17) is 0 Å². The molecule has 0 aromatic heterocycles. The first-order chi connectivity index (χ1) is 2.41. The summed E-state index contributed by atoms with van der Waals surface area (Å²) in [5.74, 6) is 0. The lowest BCUT2D eigenvalue weighted by Gasteiger charge is -1.45. The highest BCUT2D eigenvalue weighted by Gasteiger charge is 1.39. The first-order valence-corrected chi connectivity index (χ1v) is 1.55. The Kier molecular flexibility index (Phi) is 72.7. The van der Waals surface area contributed by atoms with Gasteiger partial charge in [-0.1, -0.05) is 0 Å². The van der Waals surface area contributed by atoms with E-state index in [0.29, 0.717) is 0 Å². The monoisotopic (exact) mass is 79.1 g/mol. The molecule has 5 heavy (non-hydrogen) atoms. The predicted molar refractivity (Wildman–Crippen MR) is 21.8 cm³/mol. The van der Waals surface area contributed by atoms with Gasteiger partial charge in [0.25, 0.3) is 0 Å². The molecule has 2 N–H and O–H groups in total. The predicted octanol–water partition coefficient (Wildman–Crippen LogP) is 0.551. The standard InChI is InChI=1S/C2H5F.CH5N/c1-2-3;1-2/h2H2,1H3;2H2,1H3. The van der Waals surface area contributed by atoms with Gasteiger partial charge in [0.2, 0.25) is 0 Å². The SMILES string of the molecule is CCF.CN. The highest BCUT2D eigenvalue weighted by molar-refractivity contribution is 3.86. The third-order valence-corrected chi connectivity index (χ3v) is 0. The average Bonchev–Trinajstić information content (AvgIpc) is 1.46. The molecule has 0 aromatic carbocycles. The largest absolute Gasteiger partial charge is 0.333 e. The number of halogens is 1. The van der Waals surface area contributed by atoms with Crippen LogP contribution in [0.5, 0.6) is 0 Å². The van der Waals surface area contributed by atoms with E-state index in [9.17, 15) is 4.39 Å². The zero-order valence-corrected chi connectivity index (χ0v) is 3.66. The van der Waals surface area contributed by atoms with Crippen molar-refractivity contribution in [2.75, 3.05) is 13.7 Å². The van der Waals surface area contributed by atoms with Crippen molar-refractivity contribution < 1.29 is 4.39 Å².